The van der Waals surface area contributed by atoms with Crippen LogP contribution < -0.4 is 25.0 Å². The van der Waals surface area contributed by atoms with Gasteiger partial charge in [0, 0.05) is 29.9 Å². The van der Waals surface area contributed by atoms with Crippen LogP contribution in [-0.2, 0) is 0 Å². The van der Waals surface area contributed by atoms with E-state index in [4.69, 9.17) is 14.5 Å². The van der Waals surface area contributed by atoms with Gasteiger partial charge in [0.1, 0.15) is 5.82 Å². The normalized spacial score (nSPS) is 17.0. The third-order valence-corrected chi connectivity index (χ3v) is 5.12. The molecule has 2 N–H and O–H groups in total. The molecule has 1 saturated heterocycles. The Morgan fingerprint density at radius 2 is 1.80 bits per heavy atom. The Morgan fingerprint density at radius 3 is 2.48 bits per heavy atom. The number of piperidine rings is 1. The van der Waals surface area contributed by atoms with Crippen molar-refractivity contribution in [3.8, 4) is 11.5 Å². The van der Waals surface area contributed by atoms with Crippen LogP contribution in [0.4, 0.5) is 11.5 Å². The number of anilines is 2. The molecule has 6 nitrogen and oxygen atoms in total. The summed E-state index contributed by atoms with van der Waals surface area (Å²) in [7, 11) is 0. The fraction of sp³-hybridized carbons (Fsp3) is 0.526. The minimum atomic E-state index is 0.288. The average molecular weight is 342 g/mol. The molecule has 0 aliphatic carbocycles. The molecule has 0 atom stereocenters. The molecular weight excluding hydrogens is 316 g/mol. The SMILES string of the molecule is CCN(CC)c1ncc(NC2CCNCC2)c2cc3c(cc12)OCO3. The van der Waals surface area contributed by atoms with E-state index < -0.39 is 0 Å². The van der Waals surface area contributed by atoms with E-state index in [0.29, 0.717) is 6.04 Å². The van der Waals surface area contributed by atoms with Crippen LogP contribution in [0.25, 0.3) is 10.8 Å². The van der Waals surface area contributed by atoms with Gasteiger partial charge in [0.05, 0.1) is 11.9 Å². The lowest BCUT2D eigenvalue weighted by Gasteiger charge is -2.27. The van der Waals surface area contributed by atoms with E-state index in [1.54, 1.807) is 0 Å². The maximum absolute atomic E-state index is 5.61. The first-order valence-electron chi connectivity index (χ1n) is 9.24. The zero-order valence-corrected chi connectivity index (χ0v) is 15.0. The molecule has 0 amide bonds. The van der Waals surface area contributed by atoms with Gasteiger partial charge in [0.2, 0.25) is 6.79 Å². The van der Waals surface area contributed by atoms with Crippen LogP contribution >= 0.6 is 0 Å². The molecule has 3 heterocycles. The van der Waals surface area contributed by atoms with Gasteiger partial charge in [-0.3, -0.25) is 0 Å². The molecular formula is C19H26N4O2. The first-order chi connectivity index (χ1) is 12.3. The van der Waals surface area contributed by atoms with Gasteiger partial charge in [-0.05, 0) is 51.9 Å². The van der Waals surface area contributed by atoms with Gasteiger partial charge in [-0.25, -0.2) is 4.98 Å². The van der Waals surface area contributed by atoms with E-state index >= 15 is 0 Å². The van der Waals surface area contributed by atoms with Crippen LogP contribution in [0.1, 0.15) is 26.7 Å². The second-order valence-electron chi connectivity index (χ2n) is 6.59. The Hall–Kier alpha value is -2.21. The highest BCUT2D eigenvalue weighted by molar-refractivity contribution is 6.02. The van der Waals surface area contributed by atoms with Crippen molar-refractivity contribution in [1.29, 1.82) is 0 Å². The van der Waals surface area contributed by atoms with Gasteiger partial charge in [-0.2, -0.15) is 0 Å². The number of pyridine rings is 1. The van der Waals surface area contributed by atoms with Crippen molar-refractivity contribution >= 4 is 22.3 Å². The molecule has 2 aliphatic rings. The van der Waals surface area contributed by atoms with E-state index in [1.807, 2.05) is 6.20 Å². The zero-order chi connectivity index (χ0) is 17.2. The lowest BCUT2D eigenvalue weighted by atomic mass is 10.0. The van der Waals surface area contributed by atoms with Crippen molar-refractivity contribution in [2.24, 2.45) is 0 Å². The van der Waals surface area contributed by atoms with Gasteiger partial charge in [0.15, 0.2) is 11.5 Å². The van der Waals surface area contributed by atoms with E-state index in [0.717, 1.165) is 72.8 Å². The molecule has 1 fully saturated rings. The monoisotopic (exact) mass is 342 g/mol. The predicted molar refractivity (Wildman–Crippen MR) is 101 cm³/mol. The Labute approximate surface area is 148 Å². The van der Waals surface area contributed by atoms with Crippen LogP contribution in [-0.4, -0.2) is 44.0 Å². The quantitative estimate of drug-likeness (QED) is 0.871. The molecule has 1 aromatic heterocycles. The third-order valence-electron chi connectivity index (χ3n) is 5.12. The Balaban J connectivity index is 1.79. The summed E-state index contributed by atoms with van der Waals surface area (Å²) in [5.41, 5.74) is 1.08. The van der Waals surface area contributed by atoms with Crippen LogP contribution in [0, 0.1) is 0 Å². The topological polar surface area (TPSA) is 58.7 Å². The molecule has 2 aliphatic heterocycles. The highest BCUT2D eigenvalue weighted by Gasteiger charge is 2.21. The van der Waals surface area contributed by atoms with Crippen LogP contribution in [0.5, 0.6) is 11.5 Å². The molecule has 0 bridgehead atoms. The molecule has 2 aromatic rings. The summed E-state index contributed by atoms with van der Waals surface area (Å²) in [4.78, 5) is 7.07. The molecule has 25 heavy (non-hydrogen) atoms. The molecule has 0 saturated carbocycles. The standard InChI is InChI=1S/C19H26N4O2/c1-3-23(4-2)19-15-10-18-17(24-12-25-18)9-14(15)16(11-21-19)22-13-5-7-20-8-6-13/h9-11,13,20,22H,3-8,12H2,1-2H3. The van der Waals surface area contributed by atoms with E-state index in [-0.39, 0.29) is 6.79 Å². The summed E-state index contributed by atoms with van der Waals surface area (Å²) < 4.78 is 11.2. The van der Waals surface area contributed by atoms with E-state index in [2.05, 4.69) is 41.5 Å². The highest BCUT2D eigenvalue weighted by Crippen LogP contribution is 2.41. The fourth-order valence-electron chi connectivity index (χ4n) is 3.69. The lowest BCUT2D eigenvalue weighted by Crippen LogP contribution is -2.35. The van der Waals surface area contributed by atoms with Crippen LogP contribution in [0.2, 0.25) is 0 Å². The molecule has 0 radical (unpaired) electrons. The Morgan fingerprint density at radius 1 is 1.12 bits per heavy atom. The zero-order valence-electron chi connectivity index (χ0n) is 15.0. The maximum atomic E-state index is 5.61. The second kappa shape index (κ2) is 6.96. The fourth-order valence-corrected chi connectivity index (χ4v) is 3.69. The number of aromatic nitrogens is 1. The number of nitrogens with zero attached hydrogens (tertiary/aromatic N) is 2. The first kappa shape index (κ1) is 16.3. The summed E-state index contributed by atoms with van der Waals surface area (Å²) in [6.07, 6.45) is 4.23. The molecule has 1 aromatic carbocycles. The molecule has 4 rings (SSSR count). The van der Waals surface area contributed by atoms with Gasteiger partial charge in [-0.1, -0.05) is 0 Å². The summed E-state index contributed by atoms with van der Waals surface area (Å²) in [5, 5.41) is 9.38. The molecule has 0 spiro atoms. The van der Waals surface area contributed by atoms with Crippen molar-refractivity contribution in [2.45, 2.75) is 32.7 Å². The summed E-state index contributed by atoms with van der Waals surface area (Å²) in [6, 6.07) is 4.65. The van der Waals surface area contributed by atoms with Crippen molar-refractivity contribution in [3.05, 3.63) is 18.3 Å². The minimum absolute atomic E-state index is 0.288. The number of fused-ring (bicyclic) bond motifs is 2. The Kier molecular flexibility index (Phi) is 4.53. The van der Waals surface area contributed by atoms with Gasteiger partial charge in [0.25, 0.3) is 0 Å². The van der Waals surface area contributed by atoms with Gasteiger partial charge >= 0.3 is 0 Å². The number of benzene rings is 1. The number of nitrogens with one attached hydrogen (secondary N) is 2. The first-order valence-corrected chi connectivity index (χ1v) is 9.24. The number of hydrogen-bond acceptors (Lipinski definition) is 6. The smallest absolute Gasteiger partial charge is 0.231 e. The summed E-state index contributed by atoms with van der Waals surface area (Å²) >= 11 is 0. The highest BCUT2D eigenvalue weighted by atomic mass is 16.7. The second-order valence-corrected chi connectivity index (χ2v) is 6.59. The summed E-state index contributed by atoms with van der Waals surface area (Å²) in [6.45, 7) is 8.58. The van der Waals surface area contributed by atoms with Crippen molar-refractivity contribution in [3.63, 3.8) is 0 Å². The third kappa shape index (κ3) is 3.06. The molecule has 6 heteroatoms. The van der Waals surface area contributed by atoms with Crippen LogP contribution in [0.3, 0.4) is 0 Å². The lowest BCUT2D eigenvalue weighted by molar-refractivity contribution is 0.174. The summed E-state index contributed by atoms with van der Waals surface area (Å²) in [5.74, 6) is 2.63. The van der Waals surface area contributed by atoms with E-state index in [9.17, 15) is 0 Å². The average Bonchev–Trinajstić information content (AvgIpc) is 3.11. The van der Waals surface area contributed by atoms with Crippen molar-refractivity contribution in [1.82, 2.24) is 10.3 Å². The van der Waals surface area contributed by atoms with Gasteiger partial charge in [-0.15, -0.1) is 0 Å². The van der Waals surface area contributed by atoms with Crippen molar-refractivity contribution < 1.29 is 9.47 Å². The minimum Gasteiger partial charge on any atom is -0.454 e. The Bertz CT molecular complexity index is 755. The number of hydrogen-bond donors (Lipinski definition) is 2. The van der Waals surface area contributed by atoms with Crippen LogP contribution in [0.15, 0.2) is 18.3 Å². The molecule has 134 valence electrons. The largest absolute Gasteiger partial charge is 0.454 e. The molecule has 0 unspecified atom stereocenters. The maximum Gasteiger partial charge on any atom is 0.231 e. The number of ether oxygens (including phenoxy) is 2. The van der Waals surface area contributed by atoms with Gasteiger partial charge < -0.3 is 25.0 Å². The van der Waals surface area contributed by atoms with E-state index in [1.165, 1.54) is 0 Å². The number of rotatable bonds is 5. The van der Waals surface area contributed by atoms with Crippen molar-refractivity contribution in [2.75, 3.05) is 43.2 Å². The predicted octanol–water partition coefficient (Wildman–Crippen LogP) is 2.97.